The van der Waals surface area contributed by atoms with E-state index in [1.807, 2.05) is 6.92 Å². The number of methoxy groups -OCH3 is 1. The summed E-state index contributed by atoms with van der Waals surface area (Å²) in [6.07, 6.45) is 3.87. The Labute approximate surface area is 204 Å². The Morgan fingerprint density at radius 1 is 1.29 bits per heavy atom. The highest BCUT2D eigenvalue weighted by atomic mass is 32.2. The minimum absolute atomic E-state index is 0.0556. The van der Waals surface area contributed by atoms with Crippen LogP contribution in [-0.4, -0.2) is 45.5 Å². The Balaban J connectivity index is 1.51. The number of hydrogen-bond acceptors (Lipinski definition) is 8. The summed E-state index contributed by atoms with van der Waals surface area (Å²) in [4.78, 5) is 22.5. The smallest absolute Gasteiger partial charge is 0.231 e. The van der Waals surface area contributed by atoms with Gasteiger partial charge in [-0.15, -0.1) is 0 Å². The molecule has 3 heterocycles. The lowest BCUT2D eigenvalue weighted by Gasteiger charge is -2.20. The van der Waals surface area contributed by atoms with Gasteiger partial charge in [0.15, 0.2) is 16.1 Å². The topological polar surface area (TPSA) is 123 Å². The second kappa shape index (κ2) is 10.9. The van der Waals surface area contributed by atoms with Gasteiger partial charge in [0.25, 0.3) is 0 Å². The second-order valence-electron chi connectivity index (χ2n) is 7.89. The number of benzene rings is 1. The Kier molecular flexibility index (Phi) is 7.76. The number of rotatable bonds is 8. The number of hydrogen-bond donors (Lipinski definition) is 3. The van der Waals surface area contributed by atoms with Crippen LogP contribution in [0.5, 0.6) is 11.6 Å². The first-order chi connectivity index (χ1) is 16.4. The SMILES string of the molecule is COc1ncc(-c2sc(NC(=O)CC3CCOCC3)nc2C)cc1S(=O)Nc1ccc(O)cc1. The summed E-state index contributed by atoms with van der Waals surface area (Å²) in [5.74, 6) is 0.632. The molecule has 1 aromatic carbocycles. The first-order valence-corrected chi connectivity index (χ1v) is 12.8. The van der Waals surface area contributed by atoms with E-state index in [9.17, 15) is 14.1 Å². The van der Waals surface area contributed by atoms with E-state index < -0.39 is 11.0 Å². The number of thiazole rings is 1. The normalized spacial score (nSPS) is 15.0. The van der Waals surface area contributed by atoms with Crippen LogP contribution in [0.25, 0.3) is 10.4 Å². The molecule has 0 saturated carbocycles. The molecule has 3 aromatic rings. The van der Waals surface area contributed by atoms with E-state index in [2.05, 4.69) is 20.0 Å². The molecule has 9 nitrogen and oxygen atoms in total. The number of anilines is 2. The Morgan fingerprint density at radius 2 is 2.03 bits per heavy atom. The summed E-state index contributed by atoms with van der Waals surface area (Å²) >= 11 is 1.35. The molecular weight excluding hydrogens is 476 g/mol. The molecule has 0 aliphatic carbocycles. The highest BCUT2D eigenvalue weighted by molar-refractivity contribution is 7.86. The van der Waals surface area contributed by atoms with Crippen molar-refractivity contribution in [1.82, 2.24) is 9.97 Å². The molecule has 1 unspecified atom stereocenters. The molecule has 1 fully saturated rings. The van der Waals surface area contributed by atoms with Gasteiger partial charge in [-0.3, -0.25) is 4.79 Å². The van der Waals surface area contributed by atoms with Crippen molar-refractivity contribution < 1.29 is 23.6 Å². The molecule has 3 N–H and O–H groups in total. The minimum Gasteiger partial charge on any atom is -0.508 e. The maximum atomic E-state index is 13.0. The number of phenolic OH excluding ortho intramolecular Hbond substituents is 1. The second-order valence-corrected chi connectivity index (χ2v) is 10.1. The predicted octanol–water partition coefficient (Wildman–Crippen LogP) is 4.12. The van der Waals surface area contributed by atoms with Crippen LogP contribution >= 0.6 is 11.3 Å². The fourth-order valence-corrected chi connectivity index (χ4v) is 5.59. The summed E-state index contributed by atoms with van der Waals surface area (Å²) in [5, 5.41) is 12.9. The van der Waals surface area contributed by atoms with Crippen LogP contribution in [-0.2, 0) is 20.5 Å². The van der Waals surface area contributed by atoms with Crippen LogP contribution in [0.2, 0.25) is 0 Å². The monoisotopic (exact) mass is 502 g/mol. The third-order valence-corrected chi connectivity index (χ3v) is 7.64. The molecule has 1 aliphatic rings. The molecule has 0 spiro atoms. The predicted molar refractivity (Wildman–Crippen MR) is 132 cm³/mol. The van der Waals surface area contributed by atoms with E-state index in [4.69, 9.17) is 9.47 Å². The Bertz CT molecular complexity index is 1180. The van der Waals surface area contributed by atoms with E-state index in [0.29, 0.717) is 41.3 Å². The zero-order valence-electron chi connectivity index (χ0n) is 18.9. The lowest BCUT2D eigenvalue weighted by molar-refractivity contribution is -0.117. The van der Waals surface area contributed by atoms with Crippen molar-refractivity contribution in [3.8, 4) is 22.1 Å². The third kappa shape index (κ3) is 5.91. The summed E-state index contributed by atoms with van der Waals surface area (Å²) in [6.45, 7) is 3.26. The van der Waals surface area contributed by atoms with Gasteiger partial charge in [-0.1, -0.05) is 11.3 Å². The molecule has 2 aromatic heterocycles. The first kappa shape index (κ1) is 24.1. The molecule has 0 radical (unpaired) electrons. The van der Waals surface area contributed by atoms with Crippen molar-refractivity contribution in [1.29, 1.82) is 0 Å². The maximum absolute atomic E-state index is 13.0. The average Bonchev–Trinajstić information content (AvgIpc) is 3.20. The van der Waals surface area contributed by atoms with Gasteiger partial charge in [0.1, 0.15) is 10.6 Å². The van der Waals surface area contributed by atoms with Gasteiger partial charge in [-0.2, -0.15) is 0 Å². The fourth-order valence-electron chi connectivity index (χ4n) is 3.63. The van der Waals surface area contributed by atoms with Crippen LogP contribution in [0.1, 0.15) is 25.0 Å². The molecule has 11 heteroatoms. The number of nitrogens with zero attached hydrogens (tertiary/aromatic N) is 2. The zero-order valence-corrected chi connectivity index (χ0v) is 20.5. The van der Waals surface area contributed by atoms with Crippen LogP contribution < -0.4 is 14.8 Å². The number of nitrogens with one attached hydrogen (secondary N) is 2. The number of aromatic nitrogens is 2. The molecule has 1 aliphatic heterocycles. The Morgan fingerprint density at radius 3 is 2.74 bits per heavy atom. The van der Waals surface area contributed by atoms with Gasteiger partial charge < -0.3 is 24.6 Å². The van der Waals surface area contributed by atoms with Gasteiger partial charge in [-0.25, -0.2) is 14.2 Å². The molecule has 34 heavy (non-hydrogen) atoms. The van der Waals surface area contributed by atoms with E-state index in [-0.39, 0.29) is 17.5 Å². The van der Waals surface area contributed by atoms with Gasteiger partial charge >= 0.3 is 0 Å². The lowest BCUT2D eigenvalue weighted by Crippen LogP contribution is -2.22. The summed E-state index contributed by atoms with van der Waals surface area (Å²) in [7, 11) is -0.199. The molecular formula is C23H26N4O5S2. The number of carbonyl (C=O) groups excluding carboxylic acids is 1. The largest absolute Gasteiger partial charge is 0.508 e. The first-order valence-electron chi connectivity index (χ1n) is 10.8. The number of pyridine rings is 1. The number of aryl methyl sites for hydroxylation is 1. The average molecular weight is 503 g/mol. The van der Waals surface area contributed by atoms with Crippen LogP contribution in [0.4, 0.5) is 10.8 Å². The molecule has 1 amide bonds. The van der Waals surface area contributed by atoms with Crippen LogP contribution in [0.15, 0.2) is 41.4 Å². The molecule has 4 rings (SSSR count). The summed E-state index contributed by atoms with van der Waals surface area (Å²) < 4.78 is 26.6. The van der Waals surface area contributed by atoms with Gasteiger partial charge in [0.05, 0.1) is 17.7 Å². The Hall–Kier alpha value is -3.02. The number of ether oxygens (including phenoxy) is 2. The molecule has 1 saturated heterocycles. The van der Waals surface area contributed by atoms with E-state index >= 15 is 0 Å². The summed E-state index contributed by atoms with van der Waals surface area (Å²) in [6, 6.07) is 8.00. The van der Waals surface area contributed by atoms with E-state index in [1.165, 1.54) is 30.6 Å². The van der Waals surface area contributed by atoms with Crippen molar-refractivity contribution in [2.75, 3.05) is 30.4 Å². The van der Waals surface area contributed by atoms with Crippen LogP contribution in [0.3, 0.4) is 0 Å². The third-order valence-electron chi connectivity index (χ3n) is 5.41. The number of phenols is 1. The van der Waals surface area contributed by atoms with Gasteiger partial charge in [0, 0.05) is 37.1 Å². The summed E-state index contributed by atoms with van der Waals surface area (Å²) in [5.41, 5.74) is 2.03. The quantitative estimate of drug-likeness (QED) is 0.396. The molecule has 1 atom stereocenters. The van der Waals surface area contributed by atoms with E-state index in [0.717, 1.165) is 29.0 Å². The van der Waals surface area contributed by atoms with Crippen LogP contribution in [0, 0.1) is 12.8 Å². The van der Waals surface area contributed by atoms with E-state index in [1.54, 1.807) is 24.4 Å². The highest BCUT2D eigenvalue weighted by Gasteiger charge is 2.20. The van der Waals surface area contributed by atoms with Crippen molar-refractivity contribution in [3.63, 3.8) is 0 Å². The highest BCUT2D eigenvalue weighted by Crippen LogP contribution is 2.35. The molecule has 0 bridgehead atoms. The fraction of sp³-hybridized carbons (Fsp3) is 0.348. The minimum atomic E-state index is -1.66. The van der Waals surface area contributed by atoms with Crippen molar-refractivity contribution >= 4 is 39.0 Å². The van der Waals surface area contributed by atoms with Crippen molar-refractivity contribution in [2.24, 2.45) is 5.92 Å². The maximum Gasteiger partial charge on any atom is 0.231 e. The lowest BCUT2D eigenvalue weighted by atomic mass is 9.96. The number of carbonyl (C=O) groups is 1. The van der Waals surface area contributed by atoms with Crippen molar-refractivity contribution in [2.45, 2.75) is 31.1 Å². The zero-order chi connectivity index (χ0) is 24.1. The van der Waals surface area contributed by atoms with Gasteiger partial charge in [-0.05, 0) is 56.0 Å². The standard InChI is InChI=1S/C23H26N4O5S2/c1-14-21(33-23(25-14)26-20(29)11-15-7-9-32-10-8-15)16-12-19(22(31-2)24-13-16)34(30)27-17-3-5-18(28)6-4-17/h3-6,12-13,15,27-28H,7-11H2,1-2H3,(H,25,26,29). The van der Waals surface area contributed by atoms with Crippen molar-refractivity contribution in [3.05, 3.63) is 42.2 Å². The molecule has 180 valence electrons. The number of amides is 1. The van der Waals surface area contributed by atoms with Gasteiger partial charge in [0.2, 0.25) is 11.8 Å². The number of aromatic hydroxyl groups is 1.